The quantitative estimate of drug-likeness (QED) is 0.717. The normalized spacial score (nSPS) is 10.7. The number of hydrogen-bond acceptors (Lipinski definition) is 3. The molecule has 23 heavy (non-hydrogen) atoms. The average Bonchev–Trinajstić information content (AvgIpc) is 3.13. The zero-order valence-electron chi connectivity index (χ0n) is 12.2. The van der Waals surface area contributed by atoms with Crippen molar-refractivity contribution in [3.05, 3.63) is 68.0 Å². The maximum atomic E-state index is 12.3. The van der Waals surface area contributed by atoms with Crippen molar-refractivity contribution in [1.82, 2.24) is 9.78 Å². The fraction of sp³-hybridized carbons (Fsp3) is 0.125. The van der Waals surface area contributed by atoms with E-state index in [9.17, 15) is 4.79 Å². The van der Waals surface area contributed by atoms with E-state index in [0.29, 0.717) is 27.3 Å². The Morgan fingerprint density at radius 1 is 1.26 bits per heavy atom. The molecule has 0 bridgehead atoms. The first-order valence-corrected chi connectivity index (χ1v) is 8.44. The summed E-state index contributed by atoms with van der Waals surface area (Å²) in [6, 6.07) is 10.9. The molecule has 0 fully saturated rings. The van der Waals surface area contributed by atoms with E-state index in [1.54, 1.807) is 23.0 Å². The Morgan fingerprint density at radius 2 is 2.09 bits per heavy atom. The average molecular weight is 366 g/mol. The van der Waals surface area contributed by atoms with Gasteiger partial charge in [0.2, 0.25) is 0 Å². The lowest BCUT2D eigenvalue weighted by atomic mass is 10.2. The van der Waals surface area contributed by atoms with Gasteiger partial charge in [0.1, 0.15) is 5.82 Å². The summed E-state index contributed by atoms with van der Waals surface area (Å²) < 4.78 is 1.68. The minimum absolute atomic E-state index is 0.151. The number of amides is 1. The molecule has 2 heterocycles. The van der Waals surface area contributed by atoms with Gasteiger partial charge in [0.25, 0.3) is 5.91 Å². The lowest BCUT2D eigenvalue weighted by molar-refractivity contribution is 0.102. The summed E-state index contributed by atoms with van der Waals surface area (Å²) in [5.74, 6) is 0.458. The topological polar surface area (TPSA) is 46.9 Å². The smallest absolute Gasteiger partial charge is 0.266 e. The molecule has 0 aliphatic rings. The highest BCUT2D eigenvalue weighted by Gasteiger charge is 2.13. The number of carbonyl (C=O) groups is 1. The minimum Gasteiger partial charge on any atom is -0.306 e. The molecule has 0 saturated carbocycles. The van der Waals surface area contributed by atoms with Gasteiger partial charge in [-0.2, -0.15) is 5.10 Å². The van der Waals surface area contributed by atoms with E-state index in [1.165, 1.54) is 11.3 Å². The first kappa shape index (κ1) is 16.1. The molecule has 7 heteroatoms. The van der Waals surface area contributed by atoms with Crippen LogP contribution in [0.25, 0.3) is 0 Å². The lowest BCUT2D eigenvalue weighted by Gasteiger charge is -2.10. The first-order chi connectivity index (χ1) is 11.0. The predicted octanol–water partition coefficient (Wildman–Crippen LogP) is 4.86. The number of aromatic nitrogens is 2. The molecule has 2 aromatic heterocycles. The summed E-state index contributed by atoms with van der Waals surface area (Å²) >= 11 is 13.7. The van der Waals surface area contributed by atoms with E-state index in [1.807, 2.05) is 31.2 Å². The second-order valence-corrected chi connectivity index (χ2v) is 7.02. The number of carbonyl (C=O) groups excluding carboxylic acids is 1. The number of anilines is 1. The van der Waals surface area contributed by atoms with Crippen LogP contribution in [0.1, 0.15) is 20.1 Å². The van der Waals surface area contributed by atoms with Crippen LogP contribution in [0.4, 0.5) is 5.82 Å². The summed E-state index contributed by atoms with van der Waals surface area (Å²) in [6.45, 7) is 2.39. The molecule has 3 rings (SSSR count). The molecule has 0 unspecified atom stereocenters. The Kier molecular flexibility index (Phi) is 4.71. The molecule has 0 aliphatic carbocycles. The molecule has 1 amide bonds. The molecule has 1 N–H and O–H groups in total. The molecular weight excluding hydrogens is 353 g/mol. The van der Waals surface area contributed by atoms with E-state index >= 15 is 0 Å². The number of thiophene rings is 1. The second kappa shape index (κ2) is 6.74. The first-order valence-electron chi connectivity index (χ1n) is 6.87. The zero-order valence-corrected chi connectivity index (χ0v) is 14.5. The lowest BCUT2D eigenvalue weighted by Crippen LogP contribution is -2.15. The number of nitrogens with zero attached hydrogens (tertiary/aromatic N) is 2. The number of nitrogens with one attached hydrogen (secondary N) is 1. The molecule has 0 atom stereocenters. The summed E-state index contributed by atoms with van der Waals surface area (Å²) in [6.07, 6.45) is 1.63. The third-order valence-corrected chi connectivity index (χ3v) is 5.13. The Bertz CT molecular complexity index is 857. The highest BCUT2D eigenvalue weighted by atomic mass is 35.5. The van der Waals surface area contributed by atoms with E-state index in [0.717, 1.165) is 10.4 Å². The van der Waals surface area contributed by atoms with Gasteiger partial charge in [-0.3, -0.25) is 4.79 Å². The van der Waals surface area contributed by atoms with Crippen LogP contribution in [0.15, 0.2) is 42.6 Å². The van der Waals surface area contributed by atoms with Gasteiger partial charge in [-0.1, -0.05) is 35.3 Å². The van der Waals surface area contributed by atoms with Gasteiger partial charge in [0.05, 0.1) is 27.7 Å². The van der Waals surface area contributed by atoms with Gasteiger partial charge in [-0.15, -0.1) is 11.3 Å². The van der Waals surface area contributed by atoms with Crippen LogP contribution >= 0.6 is 34.5 Å². The Morgan fingerprint density at radius 3 is 2.83 bits per heavy atom. The Hall–Kier alpha value is -1.82. The number of rotatable bonds is 4. The number of hydrogen-bond donors (Lipinski definition) is 1. The maximum Gasteiger partial charge on any atom is 0.266 e. The Labute approximate surface area is 147 Å². The van der Waals surface area contributed by atoms with Crippen LogP contribution in [-0.2, 0) is 6.54 Å². The number of halogens is 2. The molecule has 0 saturated heterocycles. The molecule has 3 aromatic rings. The molecule has 118 valence electrons. The highest BCUT2D eigenvalue weighted by Crippen LogP contribution is 2.27. The predicted molar refractivity (Wildman–Crippen MR) is 94.8 cm³/mol. The van der Waals surface area contributed by atoms with Crippen molar-refractivity contribution in [2.24, 2.45) is 0 Å². The van der Waals surface area contributed by atoms with E-state index in [-0.39, 0.29) is 5.91 Å². The third-order valence-electron chi connectivity index (χ3n) is 3.27. The van der Waals surface area contributed by atoms with Gasteiger partial charge in [0, 0.05) is 10.9 Å². The second-order valence-electron chi connectivity index (χ2n) is 4.95. The molecule has 0 spiro atoms. The third kappa shape index (κ3) is 3.58. The van der Waals surface area contributed by atoms with Crippen molar-refractivity contribution in [2.75, 3.05) is 5.32 Å². The summed E-state index contributed by atoms with van der Waals surface area (Å²) in [5, 5.41) is 8.10. The van der Waals surface area contributed by atoms with Gasteiger partial charge in [-0.25, -0.2) is 4.68 Å². The van der Waals surface area contributed by atoms with Crippen LogP contribution in [-0.4, -0.2) is 15.7 Å². The van der Waals surface area contributed by atoms with Crippen molar-refractivity contribution < 1.29 is 4.79 Å². The molecule has 0 radical (unpaired) electrons. The van der Waals surface area contributed by atoms with Crippen molar-refractivity contribution in [1.29, 1.82) is 0 Å². The van der Waals surface area contributed by atoms with Gasteiger partial charge < -0.3 is 5.32 Å². The number of benzene rings is 1. The Balaban J connectivity index is 1.80. The van der Waals surface area contributed by atoms with Gasteiger partial charge in [0.15, 0.2) is 0 Å². The van der Waals surface area contributed by atoms with Gasteiger partial charge >= 0.3 is 0 Å². The van der Waals surface area contributed by atoms with E-state index < -0.39 is 0 Å². The minimum atomic E-state index is -0.151. The number of aryl methyl sites for hydroxylation is 1. The van der Waals surface area contributed by atoms with E-state index in [4.69, 9.17) is 23.2 Å². The van der Waals surface area contributed by atoms with Crippen LogP contribution < -0.4 is 5.32 Å². The summed E-state index contributed by atoms with van der Waals surface area (Å²) in [7, 11) is 0. The van der Waals surface area contributed by atoms with Crippen LogP contribution in [0.3, 0.4) is 0 Å². The van der Waals surface area contributed by atoms with Gasteiger partial charge in [-0.05, 0) is 30.7 Å². The summed E-state index contributed by atoms with van der Waals surface area (Å²) in [5.41, 5.74) is 0.838. The monoisotopic (exact) mass is 365 g/mol. The van der Waals surface area contributed by atoms with Crippen LogP contribution in [0.5, 0.6) is 0 Å². The molecule has 0 aliphatic heterocycles. The molecular formula is C16H13Cl2N3OS. The van der Waals surface area contributed by atoms with Crippen LogP contribution in [0, 0.1) is 6.92 Å². The standard InChI is InChI=1S/C16H13Cl2N3OS/c1-10-5-6-13(23-10)16(22)20-14-7-8-19-21(14)9-11-3-2-4-12(17)15(11)18/h2-8H,9H2,1H3,(H,20,22). The fourth-order valence-corrected chi connectivity index (χ4v) is 3.27. The van der Waals surface area contributed by atoms with Crippen molar-refractivity contribution >= 4 is 46.3 Å². The van der Waals surface area contributed by atoms with Crippen molar-refractivity contribution in [3.63, 3.8) is 0 Å². The SMILES string of the molecule is Cc1ccc(C(=O)Nc2ccnn2Cc2cccc(Cl)c2Cl)s1. The van der Waals surface area contributed by atoms with Crippen molar-refractivity contribution in [2.45, 2.75) is 13.5 Å². The van der Waals surface area contributed by atoms with Crippen molar-refractivity contribution in [3.8, 4) is 0 Å². The zero-order chi connectivity index (χ0) is 16.4. The van der Waals surface area contributed by atoms with Crippen LogP contribution in [0.2, 0.25) is 10.0 Å². The largest absolute Gasteiger partial charge is 0.306 e. The molecule has 1 aromatic carbocycles. The fourth-order valence-electron chi connectivity index (χ4n) is 2.13. The molecule has 4 nitrogen and oxygen atoms in total. The maximum absolute atomic E-state index is 12.3. The van der Waals surface area contributed by atoms with E-state index in [2.05, 4.69) is 10.4 Å². The highest BCUT2D eigenvalue weighted by molar-refractivity contribution is 7.14. The summed E-state index contributed by atoms with van der Waals surface area (Å²) in [4.78, 5) is 14.0.